The van der Waals surface area contributed by atoms with Crippen LogP contribution in [0.2, 0.25) is 0 Å². The lowest BCUT2D eigenvalue weighted by molar-refractivity contribution is 0.0998. The summed E-state index contributed by atoms with van der Waals surface area (Å²) in [7, 11) is 0. The highest BCUT2D eigenvalue weighted by Gasteiger charge is 2.06. The molecular weight excluding hydrogens is 272 g/mol. The summed E-state index contributed by atoms with van der Waals surface area (Å²) in [5, 5.41) is 2.76. The third-order valence-electron chi connectivity index (χ3n) is 2.78. The molecule has 0 fully saturated rings. The van der Waals surface area contributed by atoms with Gasteiger partial charge in [-0.2, -0.15) is 0 Å². The van der Waals surface area contributed by atoms with Crippen molar-refractivity contribution in [1.82, 2.24) is 0 Å². The molecule has 2 aromatic carbocycles. The number of hydrogen-bond donors (Lipinski definition) is 2. The molecule has 0 spiro atoms. The first-order valence-corrected chi connectivity index (χ1v) is 7.18. The standard InChI is InChI=1S/C15H14N2O2S/c1-20-13-8-4-11(5-9-13)15(19)17-12-6-2-10(3-7-12)14(16)18/h2-9H,1H3,(H2,16,18)(H,17,19). The van der Waals surface area contributed by atoms with Gasteiger partial charge in [0, 0.05) is 21.7 Å². The fourth-order valence-corrected chi connectivity index (χ4v) is 2.07. The van der Waals surface area contributed by atoms with Gasteiger partial charge in [-0.3, -0.25) is 9.59 Å². The predicted molar refractivity (Wildman–Crippen MR) is 81.1 cm³/mol. The van der Waals surface area contributed by atoms with Crippen LogP contribution in [0.5, 0.6) is 0 Å². The van der Waals surface area contributed by atoms with Gasteiger partial charge in [0.1, 0.15) is 0 Å². The first-order valence-electron chi connectivity index (χ1n) is 5.95. The van der Waals surface area contributed by atoms with Crippen LogP contribution in [0.1, 0.15) is 20.7 Å². The number of carbonyl (C=O) groups excluding carboxylic acids is 2. The molecule has 2 aromatic rings. The minimum atomic E-state index is -0.490. The Hall–Kier alpha value is -2.27. The summed E-state index contributed by atoms with van der Waals surface area (Å²) in [6.07, 6.45) is 1.98. The summed E-state index contributed by atoms with van der Waals surface area (Å²) in [6.45, 7) is 0. The largest absolute Gasteiger partial charge is 0.366 e. The number of rotatable bonds is 4. The van der Waals surface area contributed by atoms with E-state index < -0.39 is 5.91 Å². The maximum Gasteiger partial charge on any atom is 0.255 e. The van der Waals surface area contributed by atoms with E-state index in [0.29, 0.717) is 16.8 Å². The van der Waals surface area contributed by atoms with Crippen LogP contribution in [0, 0.1) is 0 Å². The Labute approximate surface area is 121 Å². The van der Waals surface area contributed by atoms with Crippen LogP contribution in [0.3, 0.4) is 0 Å². The van der Waals surface area contributed by atoms with Crippen LogP contribution in [-0.4, -0.2) is 18.1 Å². The number of amides is 2. The molecule has 0 saturated heterocycles. The number of hydrogen-bond acceptors (Lipinski definition) is 3. The Morgan fingerprint density at radius 3 is 2.00 bits per heavy atom. The van der Waals surface area contributed by atoms with Gasteiger partial charge in [0.2, 0.25) is 5.91 Å². The topological polar surface area (TPSA) is 72.2 Å². The third-order valence-corrected chi connectivity index (χ3v) is 3.52. The molecule has 3 N–H and O–H groups in total. The van der Waals surface area contributed by atoms with E-state index in [9.17, 15) is 9.59 Å². The molecule has 2 rings (SSSR count). The van der Waals surface area contributed by atoms with Crippen LogP contribution in [0.25, 0.3) is 0 Å². The van der Waals surface area contributed by atoms with Crippen molar-refractivity contribution in [2.45, 2.75) is 4.90 Å². The molecule has 0 heterocycles. The highest BCUT2D eigenvalue weighted by Crippen LogP contribution is 2.16. The van der Waals surface area contributed by atoms with Gasteiger partial charge in [0.05, 0.1) is 0 Å². The first kappa shape index (κ1) is 14.1. The number of thioether (sulfide) groups is 1. The summed E-state index contributed by atoms with van der Waals surface area (Å²) >= 11 is 1.62. The lowest BCUT2D eigenvalue weighted by Gasteiger charge is -2.06. The highest BCUT2D eigenvalue weighted by atomic mass is 32.2. The first-order chi connectivity index (χ1) is 9.60. The lowest BCUT2D eigenvalue weighted by atomic mass is 10.2. The molecule has 0 saturated carbocycles. The number of nitrogens with two attached hydrogens (primary N) is 1. The Kier molecular flexibility index (Phi) is 4.42. The maximum absolute atomic E-state index is 12.0. The molecule has 102 valence electrons. The lowest BCUT2D eigenvalue weighted by Crippen LogP contribution is -2.13. The summed E-state index contributed by atoms with van der Waals surface area (Å²) in [5.41, 5.74) is 6.77. The summed E-state index contributed by atoms with van der Waals surface area (Å²) < 4.78 is 0. The van der Waals surface area contributed by atoms with Gasteiger partial charge in [-0.05, 0) is 54.8 Å². The minimum Gasteiger partial charge on any atom is -0.366 e. The molecule has 0 aliphatic rings. The van der Waals surface area contributed by atoms with Gasteiger partial charge in [0.15, 0.2) is 0 Å². The van der Waals surface area contributed by atoms with Crippen molar-refractivity contribution < 1.29 is 9.59 Å². The Morgan fingerprint density at radius 1 is 0.950 bits per heavy atom. The van der Waals surface area contributed by atoms with Crippen molar-refractivity contribution in [3.63, 3.8) is 0 Å². The van der Waals surface area contributed by atoms with Crippen molar-refractivity contribution >= 4 is 29.3 Å². The molecule has 0 atom stereocenters. The summed E-state index contributed by atoms with van der Waals surface area (Å²) in [6, 6.07) is 13.8. The van der Waals surface area contributed by atoms with E-state index >= 15 is 0 Å². The Balaban J connectivity index is 2.08. The smallest absolute Gasteiger partial charge is 0.255 e. The molecule has 20 heavy (non-hydrogen) atoms. The molecule has 0 aliphatic carbocycles. The molecule has 0 aliphatic heterocycles. The van der Waals surface area contributed by atoms with E-state index in [1.165, 1.54) is 0 Å². The zero-order chi connectivity index (χ0) is 14.5. The van der Waals surface area contributed by atoms with E-state index in [2.05, 4.69) is 5.32 Å². The second-order valence-electron chi connectivity index (χ2n) is 4.12. The Bertz CT molecular complexity index is 621. The molecule has 0 unspecified atom stereocenters. The summed E-state index contributed by atoms with van der Waals surface area (Å²) in [4.78, 5) is 24.1. The Morgan fingerprint density at radius 2 is 1.50 bits per heavy atom. The fourth-order valence-electron chi connectivity index (χ4n) is 1.66. The zero-order valence-corrected chi connectivity index (χ0v) is 11.7. The molecule has 5 heteroatoms. The minimum absolute atomic E-state index is 0.190. The van der Waals surface area contributed by atoms with E-state index in [4.69, 9.17) is 5.73 Å². The van der Waals surface area contributed by atoms with Crippen molar-refractivity contribution in [2.24, 2.45) is 5.73 Å². The normalized spacial score (nSPS) is 10.1. The van der Waals surface area contributed by atoms with Gasteiger partial charge in [-0.15, -0.1) is 11.8 Å². The zero-order valence-electron chi connectivity index (χ0n) is 10.9. The van der Waals surface area contributed by atoms with Gasteiger partial charge in [-0.25, -0.2) is 0 Å². The molecule has 0 radical (unpaired) electrons. The van der Waals surface area contributed by atoms with Gasteiger partial charge < -0.3 is 11.1 Å². The van der Waals surface area contributed by atoms with Crippen LogP contribution < -0.4 is 11.1 Å². The van der Waals surface area contributed by atoms with Crippen LogP contribution in [0.15, 0.2) is 53.4 Å². The molecule has 2 amide bonds. The number of primary amides is 1. The number of carbonyl (C=O) groups is 2. The predicted octanol–water partition coefficient (Wildman–Crippen LogP) is 2.76. The van der Waals surface area contributed by atoms with Crippen molar-refractivity contribution in [1.29, 1.82) is 0 Å². The van der Waals surface area contributed by atoms with Crippen molar-refractivity contribution in [3.05, 3.63) is 59.7 Å². The monoisotopic (exact) mass is 286 g/mol. The van der Waals surface area contributed by atoms with Crippen molar-refractivity contribution in [3.8, 4) is 0 Å². The van der Waals surface area contributed by atoms with Crippen LogP contribution in [0.4, 0.5) is 5.69 Å². The SMILES string of the molecule is CSc1ccc(C(=O)Nc2ccc(C(N)=O)cc2)cc1. The van der Waals surface area contributed by atoms with Crippen molar-refractivity contribution in [2.75, 3.05) is 11.6 Å². The molecular formula is C15H14N2O2S. The average Bonchev–Trinajstić information content (AvgIpc) is 2.48. The van der Waals surface area contributed by atoms with E-state index in [-0.39, 0.29) is 5.91 Å². The van der Waals surface area contributed by atoms with E-state index in [1.54, 1.807) is 48.2 Å². The van der Waals surface area contributed by atoms with Gasteiger partial charge in [-0.1, -0.05) is 0 Å². The van der Waals surface area contributed by atoms with Gasteiger partial charge >= 0.3 is 0 Å². The molecule has 0 bridgehead atoms. The molecule has 4 nitrogen and oxygen atoms in total. The fraction of sp³-hybridized carbons (Fsp3) is 0.0667. The number of anilines is 1. The number of nitrogens with one attached hydrogen (secondary N) is 1. The second kappa shape index (κ2) is 6.25. The van der Waals surface area contributed by atoms with E-state index in [0.717, 1.165) is 4.90 Å². The van der Waals surface area contributed by atoms with E-state index in [1.807, 2.05) is 18.4 Å². The highest BCUT2D eigenvalue weighted by molar-refractivity contribution is 7.98. The second-order valence-corrected chi connectivity index (χ2v) is 5.00. The van der Waals surface area contributed by atoms with Crippen LogP contribution >= 0.6 is 11.8 Å². The molecule has 0 aromatic heterocycles. The maximum atomic E-state index is 12.0. The third kappa shape index (κ3) is 3.39. The average molecular weight is 286 g/mol. The quantitative estimate of drug-likeness (QED) is 0.849. The number of benzene rings is 2. The summed E-state index contributed by atoms with van der Waals surface area (Å²) in [5.74, 6) is -0.681. The van der Waals surface area contributed by atoms with Gasteiger partial charge in [0.25, 0.3) is 5.91 Å². The van der Waals surface area contributed by atoms with Crippen LogP contribution in [-0.2, 0) is 0 Å².